The largest absolute Gasteiger partial charge is 0.356 e. The molecule has 0 amide bonds. The Hall–Kier alpha value is -0.930. The van der Waals surface area contributed by atoms with E-state index in [9.17, 15) is 0 Å². The van der Waals surface area contributed by atoms with Crippen LogP contribution in [0.3, 0.4) is 0 Å². The summed E-state index contributed by atoms with van der Waals surface area (Å²) in [6.45, 7) is 0.773. The summed E-state index contributed by atoms with van der Waals surface area (Å²) in [7, 11) is 0. The Morgan fingerprint density at radius 2 is 2.06 bits per heavy atom. The molecule has 16 heavy (non-hydrogen) atoms. The first-order valence-corrected chi connectivity index (χ1v) is 6.25. The summed E-state index contributed by atoms with van der Waals surface area (Å²) >= 11 is 5.47. The van der Waals surface area contributed by atoms with E-state index in [1.54, 1.807) is 0 Å². The van der Waals surface area contributed by atoms with Crippen molar-refractivity contribution in [2.24, 2.45) is 0 Å². The first-order chi connectivity index (χ1) is 7.86. The van der Waals surface area contributed by atoms with Crippen molar-refractivity contribution in [2.75, 3.05) is 6.61 Å². The molecule has 2 aliphatic rings. The molecule has 1 aromatic carbocycles. The van der Waals surface area contributed by atoms with Gasteiger partial charge in [0.1, 0.15) is 6.23 Å². The summed E-state index contributed by atoms with van der Waals surface area (Å²) in [5.74, 6) is 0. The van der Waals surface area contributed by atoms with Crippen LogP contribution in [0.1, 0.15) is 30.9 Å². The van der Waals surface area contributed by atoms with Crippen LogP contribution in [0, 0.1) is 0 Å². The van der Waals surface area contributed by atoms with Gasteiger partial charge in [-0.3, -0.25) is 0 Å². The maximum absolute atomic E-state index is 5.83. The molecule has 2 saturated heterocycles. The van der Waals surface area contributed by atoms with E-state index in [1.165, 1.54) is 12.0 Å². The Balaban J connectivity index is 1.89. The zero-order valence-electron chi connectivity index (χ0n) is 9.13. The number of rotatable bonds is 1. The molecule has 2 atom stereocenters. The molecule has 0 N–H and O–H groups in total. The molecule has 2 heterocycles. The van der Waals surface area contributed by atoms with E-state index in [4.69, 9.17) is 17.0 Å². The van der Waals surface area contributed by atoms with Gasteiger partial charge in [-0.05, 0) is 24.8 Å². The lowest BCUT2D eigenvalue weighted by atomic mass is 10.0. The van der Waals surface area contributed by atoms with Gasteiger partial charge in [0, 0.05) is 0 Å². The van der Waals surface area contributed by atoms with Crippen molar-refractivity contribution in [3.63, 3.8) is 0 Å². The lowest BCUT2D eigenvalue weighted by Gasteiger charge is -2.34. The number of benzene rings is 1. The molecule has 2 nitrogen and oxygen atoms in total. The van der Waals surface area contributed by atoms with Crippen LogP contribution in [0.5, 0.6) is 0 Å². The van der Waals surface area contributed by atoms with Gasteiger partial charge in [-0.2, -0.15) is 0 Å². The van der Waals surface area contributed by atoms with Gasteiger partial charge < -0.3 is 9.64 Å². The number of fused-ring (bicyclic) bond motifs is 1. The van der Waals surface area contributed by atoms with E-state index >= 15 is 0 Å². The van der Waals surface area contributed by atoms with E-state index in [0.717, 1.165) is 24.4 Å². The van der Waals surface area contributed by atoms with Gasteiger partial charge in [0.25, 0.3) is 0 Å². The molecule has 84 valence electrons. The summed E-state index contributed by atoms with van der Waals surface area (Å²) in [5.41, 5.74) is 1.31. The van der Waals surface area contributed by atoms with Crippen LogP contribution in [-0.4, -0.2) is 22.7 Å². The molecule has 0 aromatic heterocycles. The maximum Gasteiger partial charge on any atom is 0.131 e. The number of piperidine rings is 1. The summed E-state index contributed by atoms with van der Waals surface area (Å²) in [6.07, 6.45) is 3.55. The molecular formula is C13H15NOS. The highest BCUT2D eigenvalue weighted by Gasteiger charge is 2.38. The number of thiocarbonyl (C=S) groups is 1. The van der Waals surface area contributed by atoms with Gasteiger partial charge in [0.15, 0.2) is 0 Å². The fraction of sp³-hybridized carbons (Fsp3) is 0.462. The standard InChI is InChI=1S/C13H15NOS/c16-13-8-4-7-12-14(13)11(9-15-12)10-5-2-1-3-6-10/h1-3,5-6,11-12H,4,7-9H2/t11-,12-/m0/s1. The normalized spacial score (nSPS) is 29.2. The van der Waals surface area contributed by atoms with Gasteiger partial charge in [-0.1, -0.05) is 42.5 Å². The molecule has 1 aromatic rings. The van der Waals surface area contributed by atoms with Crippen molar-refractivity contribution in [3.8, 4) is 0 Å². The second-order valence-electron chi connectivity index (χ2n) is 4.41. The molecule has 2 fully saturated rings. The van der Waals surface area contributed by atoms with Crippen LogP contribution in [0.25, 0.3) is 0 Å². The molecule has 3 heteroatoms. The molecule has 0 bridgehead atoms. The summed E-state index contributed by atoms with van der Waals surface area (Å²) in [5, 5.41) is 0. The Morgan fingerprint density at radius 3 is 2.88 bits per heavy atom. The summed E-state index contributed by atoms with van der Waals surface area (Å²) < 4.78 is 5.83. The molecule has 2 aliphatic heterocycles. The minimum atomic E-state index is 0.228. The predicted molar refractivity (Wildman–Crippen MR) is 67.2 cm³/mol. The lowest BCUT2D eigenvalue weighted by Crippen LogP contribution is -2.40. The average molecular weight is 233 g/mol. The van der Waals surface area contributed by atoms with Crippen molar-refractivity contribution in [2.45, 2.75) is 31.5 Å². The second-order valence-corrected chi connectivity index (χ2v) is 4.88. The third-order valence-corrected chi connectivity index (χ3v) is 3.82. The number of hydrogen-bond donors (Lipinski definition) is 0. The highest BCUT2D eigenvalue weighted by atomic mass is 32.1. The SMILES string of the molecule is S=C1CCC[C@@H]2OC[C@@H](c3ccccc3)N12. The van der Waals surface area contributed by atoms with Crippen molar-refractivity contribution in [1.82, 2.24) is 4.90 Å². The molecule has 0 unspecified atom stereocenters. The van der Waals surface area contributed by atoms with Crippen LogP contribution in [0.4, 0.5) is 0 Å². The number of nitrogens with zero attached hydrogens (tertiary/aromatic N) is 1. The van der Waals surface area contributed by atoms with Crippen LogP contribution in [-0.2, 0) is 4.74 Å². The van der Waals surface area contributed by atoms with E-state index in [-0.39, 0.29) is 6.23 Å². The van der Waals surface area contributed by atoms with Crippen LogP contribution < -0.4 is 0 Å². The molecule has 3 rings (SSSR count). The first-order valence-electron chi connectivity index (χ1n) is 5.84. The quantitative estimate of drug-likeness (QED) is 0.692. The fourth-order valence-corrected chi connectivity index (χ4v) is 3.00. The fourth-order valence-electron chi connectivity index (χ4n) is 2.61. The average Bonchev–Trinajstić information content (AvgIpc) is 2.75. The van der Waals surface area contributed by atoms with Crippen molar-refractivity contribution in [1.29, 1.82) is 0 Å². The predicted octanol–water partition coefficient (Wildman–Crippen LogP) is 2.90. The number of ether oxygens (including phenoxy) is 1. The third kappa shape index (κ3) is 1.64. The van der Waals surface area contributed by atoms with Gasteiger partial charge >= 0.3 is 0 Å². The molecular weight excluding hydrogens is 218 g/mol. The monoisotopic (exact) mass is 233 g/mol. The Kier molecular flexibility index (Phi) is 2.65. The Bertz CT molecular complexity index is 392. The smallest absolute Gasteiger partial charge is 0.131 e. The highest BCUT2D eigenvalue weighted by molar-refractivity contribution is 7.80. The Labute approximate surface area is 101 Å². The summed E-state index contributed by atoms with van der Waals surface area (Å²) in [6, 6.07) is 10.9. The summed E-state index contributed by atoms with van der Waals surface area (Å²) in [4.78, 5) is 3.37. The minimum absolute atomic E-state index is 0.228. The molecule has 0 aliphatic carbocycles. The van der Waals surface area contributed by atoms with Crippen LogP contribution >= 0.6 is 12.2 Å². The van der Waals surface area contributed by atoms with Gasteiger partial charge in [0.05, 0.1) is 17.6 Å². The molecule has 0 radical (unpaired) electrons. The third-order valence-electron chi connectivity index (χ3n) is 3.41. The highest BCUT2D eigenvalue weighted by Crippen LogP contribution is 2.36. The maximum atomic E-state index is 5.83. The Morgan fingerprint density at radius 1 is 1.25 bits per heavy atom. The van der Waals surface area contributed by atoms with Gasteiger partial charge in [0.2, 0.25) is 0 Å². The minimum Gasteiger partial charge on any atom is -0.356 e. The van der Waals surface area contributed by atoms with E-state index in [2.05, 4.69) is 29.2 Å². The van der Waals surface area contributed by atoms with E-state index < -0.39 is 0 Å². The van der Waals surface area contributed by atoms with Gasteiger partial charge in [-0.25, -0.2) is 0 Å². The zero-order valence-corrected chi connectivity index (χ0v) is 9.95. The topological polar surface area (TPSA) is 12.5 Å². The number of hydrogen-bond acceptors (Lipinski definition) is 2. The van der Waals surface area contributed by atoms with Crippen LogP contribution in [0.2, 0.25) is 0 Å². The lowest BCUT2D eigenvalue weighted by molar-refractivity contribution is 0.0475. The second kappa shape index (κ2) is 4.15. The van der Waals surface area contributed by atoms with Gasteiger partial charge in [-0.15, -0.1) is 0 Å². The van der Waals surface area contributed by atoms with Crippen molar-refractivity contribution < 1.29 is 4.74 Å². The molecule has 0 spiro atoms. The van der Waals surface area contributed by atoms with Crippen molar-refractivity contribution >= 4 is 17.2 Å². The van der Waals surface area contributed by atoms with E-state index in [0.29, 0.717) is 6.04 Å². The van der Waals surface area contributed by atoms with Crippen molar-refractivity contribution in [3.05, 3.63) is 35.9 Å². The zero-order chi connectivity index (χ0) is 11.0. The van der Waals surface area contributed by atoms with Crippen LogP contribution in [0.15, 0.2) is 30.3 Å². The molecule has 0 saturated carbocycles. The first kappa shape index (κ1) is 10.2. The van der Waals surface area contributed by atoms with E-state index in [1.807, 2.05) is 6.07 Å².